The van der Waals surface area contributed by atoms with Crippen LogP contribution in [-0.4, -0.2) is 47.7 Å². The summed E-state index contributed by atoms with van der Waals surface area (Å²) in [7, 11) is -0.274. The fourth-order valence-corrected chi connectivity index (χ4v) is 4.82. The Balaban J connectivity index is 1.99. The molecule has 1 fully saturated rings. The fraction of sp³-hybridized carbons (Fsp3) is 0.562. The number of nitrogens with zero attached hydrogens (tertiary/aromatic N) is 3. The number of piperidine rings is 1. The van der Waals surface area contributed by atoms with Crippen LogP contribution >= 0.6 is 0 Å². The second-order valence-corrected chi connectivity index (χ2v) is 8.07. The Hall–Kier alpha value is -1.64. The lowest BCUT2D eigenvalue weighted by Gasteiger charge is -2.31. The Morgan fingerprint density at radius 1 is 1.21 bits per heavy atom. The summed E-state index contributed by atoms with van der Waals surface area (Å²) in [6, 6.07) is 4.84. The number of rotatable bonds is 4. The molecule has 2 aromatic rings. The molecule has 1 aromatic heterocycles. The van der Waals surface area contributed by atoms with Crippen molar-refractivity contribution >= 4 is 21.1 Å². The number of sulfonamides is 1. The Kier molecular flexibility index (Phi) is 4.54. The number of aromatic nitrogens is 2. The molecule has 8 heteroatoms. The van der Waals surface area contributed by atoms with E-state index in [4.69, 9.17) is 4.74 Å². The maximum absolute atomic E-state index is 13.0. The summed E-state index contributed by atoms with van der Waals surface area (Å²) in [5.74, 6) is 0. The standard InChI is InChI=1S/C16H23N3O4S/c1-4-23-12-6-5-9-19(11-12)24(21,22)13-7-8-14-15(10-13)18(3)16(20)17(14)2/h7-8,10,12H,4-6,9,11H2,1-3H3. The quantitative estimate of drug-likeness (QED) is 0.824. The van der Waals surface area contributed by atoms with Crippen LogP contribution in [0.4, 0.5) is 0 Å². The van der Waals surface area contributed by atoms with Crippen molar-refractivity contribution in [2.45, 2.75) is 30.8 Å². The van der Waals surface area contributed by atoms with Crippen molar-refractivity contribution in [3.63, 3.8) is 0 Å². The molecule has 1 aliphatic heterocycles. The summed E-state index contributed by atoms with van der Waals surface area (Å²) >= 11 is 0. The molecule has 24 heavy (non-hydrogen) atoms. The van der Waals surface area contributed by atoms with Crippen LogP contribution in [0, 0.1) is 0 Å². The van der Waals surface area contributed by atoms with Gasteiger partial charge in [-0.05, 0) is 38.0 Å². The fourth-order valence-electron chi connectivity index (χ4n) is 3.29. The van der Waals surface area contributed by atoms with Crippen molar-refractivity contribution in [2.75, 3.05) is 19.7 Å². The number of ether oxygens (including phenoxy) is 1. The van der Waals surface area contributed by atoms with Gasteiger partial charge in [-0.1, -0.05) is 0 Å². The zero-order valence-corrected chi connectivity index (χ0v) is 15.0. The van der Waals surface area contributed by atoms with E-state index in [2.05, 4.69) is 0 Å². The first-order valence-corrected chi connectivity index (χ1v) is 9.57. The lowest BCUT2D eigenvalue weighted by atomic mass is 10.1. The van der Waals surface area contributed by atoms with Gasteiger partial charge >= 0.3 is 5.69 Å². The van der Waals surface area contributed by atoms with Crippen molar-refractivity contribution in [1.82, 2.24) is 13.4 Å². The van der Waals surface area contributed by atoms with Gasteiger partial charge < -0.3 is 4.74 Å². The molecule has 2 heterocycles. The molecular formula is C16H23N3O4S. The summed E-state index contributed by atoms with van der Waals surface area (Å²) in [5, 5.41) is 0. The van der Waals surface area contributed by atoms with Crippen molar-refractivity contribution in [3.8, 4) is 0 Å². The zero-order chi connectivity index (χ0) is 17.5. The van der Waals surface area contributed by atoms with Crippen LogP contribution in [0.3, 0.4) is 0 Å². The third kappa shape index (κ3) is 2.78. The molecule has 1 unspecified atom stereocenters. The Labute approximate surface area is 141 Å². The van der Waals surface area contributed by atoms with Crippen LogP contribution < -0.4 is 5.69 Å². The number of imidazole rings is 1. The van der Waals surface area contributed by atoms with Crippen molar-refractivity contribution < 1.29 is 13.2 Å². The summed E-state index contributed by atoms with van der Waals surface area (Å²) in [4.78, 5) is 12.2. The maximum atomic E-state index is 13.0. The number of hydrogen-bond acceptors (Lipinski definition) is 4. The SMILES string of the molecule is CCOC1CCCN(S(=O)(=O)c2ccc3c(c2)n(C)c(=O)n3C)C1. The smallest absolute Gasteiger partial charge is 0.328 e. The summed E-state index contributed by atoms with van der Waals surface area (Å²) in [6.45, 7) is 3.37. The van der Waals surface area contributed by atoms with E-state index >= 15 is 0 Å². The van der Waals surface area contributed by atoms with Crippen LogP contribution in [0.5, 0.6) is 0 Å². The molecule has 1 saturated heterocycles. The largest absolute Gasteiger partial charge is 0.377 e. The van der Waals surface area contributed by atoms with Crippen LogP contribution in [-0.2, 0) is 28.9 Å². The minimum Gasteiger partial charge on any atom is -0.377 e. The van der Waals surface area contributed by atoms with Gasteiger partial charge in [0.05, 0.1) is 22.0 Å². The molecule has 0 N–H and O–H groups in total. The van der Waals surface area contributed by atoms with Crippen LogP contribution in [0.15, 0.2) is 27.9 Å². The third-order valence-corrected chi connectivity index (χ3v) is 6.49. The van der Waals surface area contributed by atoms with E-state index in [1.807, 2.05) is 6.92 Å². The first-order valence-electron chi connectivity index (χ1n) is 8.13. The van der Waals surface area contributed by atoms with Crippen molar-refractivity contribution in [1.29, 1.82) is 0 Å². The topological polar surface area (TPSA) is 73.5 Å². The van der Waals surface area contributed by atoms with Gasteiger partial charge in [0.2, 0.25) is 10.0 Å². The summed E-state index contributed by atoms with van der Waals surface area (Å²) in [6.07, 6.45) is 1.62. The number of hydrogen-bond donors (Lipinski definition) is 0. The molecule has 0 bridgehead atoms. The molecule has 132 valence electrons. The molecule has 7 nitrogen and oxygen atoms in total. The van der Waals surface area contributed by atoms with Gasteiger partial charge in [0.1, 0.15) is 0 Å². The third-order valence-electron chi connectivity index (χ3n) is 4.62. The van der Waals surface area contributed by atoms with E-state index in [0.29, 0.717) is 30.7 Å². The molecule has 0 aliphatic carbocycles. The summed E-state index contributed by atoms with van der Waals surface area (Å²) in [5.41, 5.74) is 1.16. The lowest BCUT2D eigenvalue weighted by molar-refractivity contribution is 0.0265. The van der Waals surface area contributed by atoms with Gasteiger partial charge in [-0.25, -0.2) is 13.2 Å². The van der Waals surface area contributed by atoms with E-state index in [0.717, 1.165) is 12.8 Å². The zero-order valence-electron chi connectivity index (χ0n) is 14.2. The van der Waals surface area contributed by atoms with Gasteiger partial charge in [-0.3, -0.25) is 9.13 Å². The van der Waals surface area contributed by atoms with Gasteiger partial charge in [-0.15, -0.1) is 0 Å². The highest BCUT2D eigenvalue weighted by Gasteiger charge is 2.31. The van der Waals surface area contributed by atoms with Crippen molar-refractivity contribution in [3.05, 3.63) is 28.7 Å². The molecule has 0 amide bonds. The van der Waals surface area contributed by atoms with Crippen LogP contribution in [0.1, 0.15) is 19.8 Å². The van der Waals surface area contributed by atoms with Gasteiger partial charge in [0.25, 0.3) is 0 Å². The second-order valence-electron chi connectivity index (χ2n) is 6.13. The van der Waals surface area contributed by atoms with E-state index in [9.17, 15) is 13.2 Å². The van der Waals surface area contributed by atoms with E-state index < -0.39 is 10.0 Å². The number of aryl methyl sites for hydroxylation is 2. The molecule has 1 aromatic carbocycles. The average molecular weight is 353 g/mol. The van der Waals surface area contributed by atoms with E-state index in [1.165, 1.54) is 13.4 Å². The number of fused-ring (bicyclic) bond motifs is 1. The molecular weight excluding hydrogens is 330 g/mol. The monoisotopic (exact) mass is 353 g/mol. The maximum Gasteiger partial charge on any atom is 0.328 e. The Morgan fingerprint density at radius 2 is 1.92 bits per heavy atom. The normalized spacial score (nSPS) is 19.9. The molecule has 1 aliphatic rings. The lowest BCUT2D eigenvalue weighted by Crippen LogP contribution is -2.43. The highest BCUT2D eigenvalue weighted by molar-refractivity contribution is 7.89. The highest BCUT2D eigenvalue weighted by atomic mass is 32.2. The molecule has 3 rings (SSSR count). The second kappa shape index (κ2) is 6.34. The van der Waals surface area contributed by atoms with Crippen LogP contribution in [0.2, 0.25) is 0 Å². The first kappa shape index (κ1) is 17.2. The van der Waals surface area contributed by atoms with Gasteiger partial charge in [0.15, 0.2) is 0 Å². The molecule has 0 radical (unpaired) electrons. The Bertz CT molecular complexity index is 911. The average Bonchev–Trinajstić information content (AvgIpc) is 2.80. The van der Waals surface area contributed by atoms with Crippen LogP contribution in [0.25, 0.3) is 11.0 Å². The minimum atomic E-state index is -3.60. The predicted octanol–water partition coefficient (Wildman–Crippen LogP) is 1.07. The van der Waals surface area contributed by atoms with E-state index in [-0.39, 0.29) is 16.7 Å². The molecule has 0 spiro atoms. The number of benzene rings is 1. The minimum absolute atomic E-state index is 0.0525. The van der Waals surface area contributed by atoms with Crippen molar-refractivity contribution in [2.24, 2.45) is 14.1 Å². The highest BCUT2D eigenvalue weighted by Crippen LogP contribution is 2.24. The molecule has 0 saturated carbocycles. The first-order chi connectivity index (χ1) is 11.4. The van der Waals surface area contributed by atoms with Gasteiger partial charge in [0, 0.05) is 33.8 Å². The Morgan fingerprint density at radius 3 is 2.62 bits per heavy atom. The molecule has 1 atom stereocenters. The van der Waals surface area contributed by atoms with E-state index in [1.54, 1.807) is 32.3 Å². The predicted molar refractivity (Wildman–Crippen MR) is 91.6 cm³/mol. The summed E-state index contributed by atoms with van der Waals surface area (Å²) < 4.78 is 36.0. The van der Waals surface area contributed by atoms with Gasteiger partial charge in [-0.2, -0.15) is 4.31 Å².